The van der Waals surface area contributed by atoms with Gasteiger partial charge in [0.05, 0.1) is 0 Å². The largest absolute Gasteiger partial charge is 0.444 e. The Morgan fingerprint density at radius 3 is 2.36 bits per heavy atom. The molecule has 5 heteroatoms. The average molecular weight is 393 g/mol. The summed E-state index contributed by atoms with van der Waals surface area (Å²) in [7, 11) is 0. The maximum absolute atomic E-state index is 11.7. The minimum absolute atomic E-state index is 0.00515. The molecular weight excluding hydrogens is 352 g/mol. The van der Waals surface area contributed by atoms with Crippen LogP contribution in [-0.2, 0) is 9.53 Å². The number of Topliss-reactive ketones (excluding diaryl/α,β-unsaturated/α-hetero) is 1. The quantitative estimate of drug-likeness (QED) is 0.654. The van der Waals surface area contributed by atoms with Crippen LogP contribution in [0.2, 0.25) is 0 Å². The van der Waals surface area contributed by atoms with Gasteiger partial charge in [-0.2, -0.15) is 0 Å². The van der Waals surface area contributed by atoms with Crippen LogP contribution in [0.25, 0.3) is 0 Å². The van der Waals surface area contributed by atoms with Gasteiger partial charge in [-0.3, -0.25) is 4.79 Å². The zero-order chi connectivity index (χ0) is 21.7. The van der Waals surface area contributed by atoms with E-state index in [2.05, 4.69) is 23.4 Å². The summed E-state index contributed by atoms with van der Waals surface area (Å²) in [5.74, 6) is 0.413. The second-order valence-electron chi connectivity index (χ2n) is 8.46. The van der Waals surface area contributed by atoms with E-state index in [0.717, 1.165) is 44.5 Å². The maximum atomic E-state index is 11.7. The van der Waals surface area contributed by atoms with E-state index in [9.17, 15) is 9.59 Å². The molecule has 1 amide bonds. The normalized spacial score (nSPS) is 19.4. The third-order valence-electron chi connectivity index (χ3n) is 4.33. The summed E-state index contributed by atoms with van der Waals surface area (Å²) in [5, 5.41) is 2.86. The number of ketones is 1. The molecule has 1 saturated heterocycles. The average Bonchev–Trinajstić information content (AvgIpc) is 2.79. The fourth-order valence-electron chi connectivity index (χ4n) is 2.91. The molecule has 1 N–H and O–H groups in total. The third-order valence-corrected chi connectivity index (χ3v) is 4.33. The highest BCUT2D eigenvalue weighted by Crippen LogP contribution is 2.17. The summed E-state index contributed by atoms with van der Waals surface area (Å²) in [6, 6.07) is 0.00515. The van der Waals surface area contributed by atoms with Gasteiger partial charge in [0, 0.05) is 25.0 Å². The van der Waals surface area contributed by atoms with Gasteiger partial charge in [0.25, 0.3) is 0 Å². The van der Waals surface area contributed by atoms with Crippen LogP contribution in [0.1, 0.15) is 60.8 Å². The summed E-state index contributed by atoms with van der Waals surface area (Å²) in [4.78, 5) is 25.6. The Kier molecular flexibility index (Phi) is 12.4. The highest BCUT2D eigenvalue weighted by Gasteiger charge is 2.23. The number of likely N-dealkylation sites (tertiary alicyclic amines) is 1. The first-order chi connectivity index (χ1) is 13.0. The topological polar surface area (TPSA) is 58.6 Å². The number of nitrogens with one attached hydrogen (secondary N) is 1. The minimum atomic E-state index is -0.480. The first-order valence-corrected chi connectivity index (χ1v) is 10.1. The van der Waals surface area contributed by atoms with Gasteiger partial charge in [-0.25, -0.2) is 4.79 Å². The highest BCUT2D eigenvalue weighted by atomic mass is 16.6. The molecule has 0 bridgehead atoms. The van der Waals surface area contributed by atoms with Gasteiger partial charge in [0.15, 0.2) is 0 Å². The summed E-state index contributed by atoms with van der Waals surface area (Å²) in [6.45, 7) is 20.8. The highest BCUT2D eigenvalue weighted by molar-refractivity contribution is 5.78. The van der Waals surface area contributed by atoms with Gasteiger partial charge in [-0.15, -0.1) is 0 Å². The van der Waals surface area contributed by atoms with Crippen molar-refractivity contribution < 1.29 is 14.3 Å². The van der Waals surface area contributed by atoms with Crippen molar-refractivity contribution in [3.8, 4) is 0 Å². The van der Waals surface area contributed by atoms with Gasteiger partial charge in [0.1, 0.15) is 11.4 Å². The Bertz CT molecular complexity index is 547. The lowest BCUT2D eigenvalue weighted by Gasteiger charge is -2.27. The number of alkyl carbamates (subject to hydrolysis) is 1. The fourth-order valence-corrected chi connectivity index (χ4v) is 2.91. The number of carbonyl (C=O) groups is 2. The number of rotatable bonds is 6. The van der Waals surface area contributed by atoms with Gasteiger partial charge >= 0.3 is 6.09 Å². The minimum Gasteiger partial charge on any atom is -0.444 e. The van der Waals surface area contributed by atoms with Crippen LogP contribution in [0.4, 0.5) is 4.79 Å². The van der Waals surface area contributed by atoms with Gasteiger partial charge in [-0.05, 0) is 60.9 Å². The van der Waals surface area contributed by atoms with Crippen molar-refractivity contribution in [3.05, 3.63) is 37.0 Å². The number of hydrogen-bond acceptors (Lipinski definition) is 4. The zero-order valence-corrected chi connectivity index (χ0v) is 18.7. The standard InChI is InChI=1S/C16H30N2O3.C7H10/c1-12(17-15(20)21-16(3,4)5)10-18-9-7-6-8-14(11-18)13(2)19;1-4-6-7(3)5-2/h12,14H,6-11H2,1-5H3,(H,17,20);4-6H,1-2H2,3H3/b;7-6-. The van der Waals surface area contributed by atoms with Crippen molar-refractivity contribution >= 4 is 11.9 Å². The number of carbonyl (C=O) groups excluding carboxylic acids is 2. The van der Waals surface area contributed by atoms with Gasteiger partial charge in [0.2, 0.25) is 0 Å². The van der Waals surface area contributed by atoms with E-state index >= 15 is 0 Å². The van der Waals surface area contributed by atoms with E-state index in [1.54, 1.807) is 19.1 Å². The van der Waals surface area contributed by atoms with Gasteiger partial charge in [-0.1, -0.05) is 43.4 Å². The SMILES string of the molecule is C=C/C=C(/C)C=C.CC(=O)C1CCCCN(CC(C)NC(=O)OC(C)(C)C)C1. The Hall–Kier alpha value is -1.88. The van der Waals surface area contributed by atoms with Crippen LogP contribution in [0.15, 0.2) is 37.0 Å². The van der Waals surface area contributed by atoms with Crippen LogP contribution in [-0.4, -0.2) is 48.1 Å². The fraction of sp³-hybridized carbons (Fsp3) is 0.652. The molecule has 0 radical (unpaired) electrons. The van der Waals surface area contributed by atoms with E-state index in [4.69, 9.17) is 4.74 Å². The number of ether oxygens (including phenoxy) is 1. The van der Waals surface area contributed by atoms with Crippen LogP contribution >= 0.6 is 0 Å². The summed E-state index contributed by atoms with van der Waals surface area (Å²) in [6.07, 6.45) is 8.27. The summed E-state index contributed by atoms with van der Waals surface area (Å²) >= 11 is 0. The van der Waals surface area contributed by atoms with Crippen molar-refractivity contribution in [1.82, 2.24) is 10.2 Å². The second-order valence-corrected chi connectivity index (χ2v) is 8.46. The number of nitrogens with zero attached hydrogens (tertiary/aromatic N) is 1. The zero-order valence-electron chi connectivity index (χ0n) is 18.7. The molecule has 0 saturated carbocycles. The molecule has 1 aliphatic heterocycles. The van der Waals surface area contributed by atoms with Crippen molar-refractivity contribution in [1.29, 1.82) is 0 Å². The van der Waals surface area contributed by atoms with Gasteiger partial charge < -0.3 is 15.0 Å². The molecule has 1 fully saturated rings. The number of amides is 1. The monoisotopic (exact) mass is 392 g/mol. The molecule has 5 nitrogen and oxygen atoms in total. The second kappa shape index (κ2) is 13.3. The molecule has 2 atom stereocenters. The summed E-state index contributed by atoms with van der Waals surface area (Å²) < 4.78 is 5.26. The van der Waals surface area contributed by atoms with E-state index in [-0.39, 0.29) is 23.8 Å². The van der Waals surface area contributed by atoms with Crippen LogP contribution < -0.4 is 5.32 Å². The molecule has 0 aromatic rings. The molecule has 1 rings (SSSR count). The van der Waals surface area contributed by atoms with Crippen molar-refractivity contribution in [2.45, 2.75) is 72.4 Å². The van der Waals surface area contributed by atoms with Crippen LogP contribution in [0, 0.1) is 5.92 Å². The number of allylic oxidation sites excluding steroid dienone is 4. The molecule has 0 spiro atoms. The first kappa shape index (κ1) is 26.1. The molecule has 2 unspecified atom stereocenters. The number of hydrogen-bond donors (Lipinski definition) is 1. The maximum Gasteiger partial charge on any atom is 0.407 e. The molecule has 1 heterocycles. The third kappa shape index (κ3) is 13.3. The molecule has 0 aromatic heterocycles. The lowest BCUT2D eigenvalue weighted by Crippen LogP contribution is -2.45. The molecule has 0 aromatic carbocycles. The Morgan fingerprint density at radius 2 is 1.89 bits per heavy atom. The van der Waals surface area contributed by atoms with E-state index in [1.165, 1.54) is 0 Å². The van der Waals surface area contributed by atoms with Crippen LogP contribution in [0.5, 0.6) is 0 Å². The van der Waals surface area contributed by atoms with Crippen molar-refractivity contribution in [2.75, 3.05) is 19.6 Å². The van der Waals surface area contributed by atoms with Crippen molar-refractivity contribution in [3.63, 3.8) is 0 Å². The molecular formula is C23H40N2O3. The Balaban J connectivity index is 0.000000887. The molecule has 0 aliphatic carbocycles. The van der Waals surface area contributed by atoms with Crippen LogP contribution in [0.3, 0.4) is 0 Å². The van der Waals surface area contributed by atoms with E-state index in [1.807, 2.05) is 40.7 Å². The Morgan fingerprint density at radius 1 is 1.25 bits per heavy atom. The predicted molar refractivity (Wildman–Crippen MR) is 117 cm³/mol. The smallest absolute Gasteiger partial charge is 0.407 e. The molecule has 28 heavy (non-hydrogen) atoms. The summed E-state index contributed by atoms with van der Waals surface area (Å²) in [5.41, 5.74) is 0.668. The van der Waals surface area contributed by atoms with Crippen molar-refractivity contribution in [2.24, 2.45) is 5.92 Å². The molecule has 160 valence electrons. The molecule has 1 aliphatic rings. The Labute approximate surface area is 171 Å². The predicted octanol–water partition coefficient (Wildman–Crippen LogP) is 4.90. The first-order valence-electron chi connectivity index (χ1n) is 10.1. The van der Waals surface area contributed by atoms with E-state index in [0.29, 0.717) is 0 Å². The van der Waals surface area contributed by atoms with E-state index < -0.39 is 5.60 Å². The lowest BCUT2D eigenvalue weighted by atomic mass is 9.99. The lowest BCUT2D eigenvalue weighted by molar-refractivity contribution is -0.121.